The van der Waals surface area contributed by atoms with Crippen LogP contribution in [-0.4, -0.2) is 41.0 Å². The molecule has 7 heteroatoms. The molecule has 36 heavy (non-hydrogen) atoms. The molecule has 0 aliphatic carbocycles. The molecule has 2 atom stereocenters. The van der Waals surface area contributed by atoms with Crippen LogP contribution in [0, 0.1) is 19.8 Å². The first-order valence-electron chi connectivity index (χ1n) is 12.6. The quantitative estimate of drug-likeness (QED) is 0.462. The molecule has 3 amide bonds. The second kappa shape index (κ2) is 12.6. The number of anilines is 1. The summed E-state index contributed by atoms with van der Waals surface area (Å²) < 4.78 is 5.41. The summed E-state index contributed by atoms with van der Waals surface area (Å²) in [6.45, 7) is 15.2. The molecular formula is C29H41N3O4. The lowest BCUT2D eigenvalue weighted by molar-refractivity contribution is -0.141. The lowest BCUT2D eigenvalue weighted by Gasteiger charge is -2.35. The lowest BCUT2D eigenvalue weighted by atomic mass is 9.97. The minimum atomic E-state index is -0.876. The number of benzene rings is 2. The highest BCUT2D eigenvalue weighted by Gasteiger charge is 2.37. The number of nitrogens with zero attached hydrogens (tertiary/aromatic N) is 1. The van der Waals surface area contributed by atoms with E-state index in [2.05, 4.69) is 10.6 Å². The van der Waals surface area contributed by atoms with E-state index in [9.17, 15) is 14.4 Å². The Morgan fingerprint density at radius 1 is 1.00 bits per heavy atom. The predicted molar refractivity (Wildman–Crippen MR) is 144 cm³/mol. The fourth-order valence-corrected chi connectivity index (χ4v) is 3.96. The van der Waals surface area contributed by atoms with Gasteiger partial charge in [-0.1, -0.05) is 68.8 Å². The van der Waals surface area contributed by atoms with Crippen LogP contribution in [-0.2, 0) is 14.3 Å². The molecule has 0 heterocycles. The van der Waals surface area contributed by atoms with Crippen molar-refractivity contribution >= 4 is 23.6 Å². The molecule has 0 fully saturated rings. The second-order valence-electron chi connectivity index (χ2n) is 10.5. The third-order valence-electron chi connectivity index (χ3n) is 5.67. The summed E-state index contributed by atoms with van der Waals surface area (Å²) in [7, 11) is 0. The van der Waals surface area contributed by atoms with Crippen LogP contribution >= 0.6 is 0 Å². The fourth-order valence-electron chi connectivity index (χ4n) is 3.96. The maximum atomic E-state index is 14.0. The third-order valence-corrected chi connectivity index (χ3v) is 5.67. The smallest absolute Gasteiger partial charge is 0.408 e. The van der Waals surface area contributed by atoms with Crippen LogP contribution in [0.3, 0.4) is 0 Å². The van der Waals surface area contributed by atoms with E-state index in [1.807, 2.05) is 83.1 Å². The van der Waals surface area contributed by atoms with Crippen molar-refractivity contribution in [3.63, 3.8) is 0 Å². The van der Waals surface area contributed by atoms with Gasteiger partial charge in [-0.25, -0.2) is 4.79 Å². The van der Waals surface area contributed by atoms with Gasteiger partial charge in [0.05, 0.1) is 0 Å². The zero-order valence-electron chi connectivity index (χ0n) is 22.8. The molecule has 2 N–H and O–H groups in total. The molecule has 2 aromatic carbocycles. The number of rotatable bonds is 9. The molecule has 2 unspecified atom stereocenters. The molecule has 0 spiro atoms. The second-order valence-corrected chi connectivity index (χ2v) is 10.5. The highest BCUT2D eigenvalue weighted by atomic mass is 16.6. The lowest BCUT2D eigenvalue weighted by Crippen LogP contribution is -2.54. The van der Waals surface area contributed by atoms with Gasteiger partial charge < -0.3 is 20.3 Å². The van der Waals surface area contributed by atoms with Crippen LogP contribution in [0.2, 0.25) is 0 Å². The third kappa shape index (κ3) is 8.11. The fraction of sp³-hybridized carbons (Fsp3) is 0.483. The van der Waals surface area contributed by atoms with Crippen LogP contribution < -0.4 is 10.6 Å². The largest absolute Gasteiger partial charge is 0.444 e. The van der Waals surface area contributed by atoms with E-state index in [4.69, 9.17) is 4.74 Å². The summed E-state index contributed by atoms with van der Waals surface area (Å²) in [6.07, 6.45) is -0.0226. The van der Waals surface area contributed by atoms with Crippen molar-refractivity contribution in [2.45, 2.75) is 79.5 Å². The van der Waals surface area contributed by atoms with Gasteiger partial charge in [0.2, 0.25) is 5.91 Å². The molecule has 196 valence electrons. The van der Waals surface area contributed by atoms with E-state index in [-0.39, 0.29) is 17.7 Å². The predicted octanol–water partition coefficient (Wildman–Crippen LogP) is 5.77. The number of para-hydroxylation sites is 1. The van der Waals surface area contributed by atoms with Gasteiger partial charge >= 0.3 is 6.09 Å². The van der Waals surface area contributed by atoms with E-state index in [1.165, 1.54) is 0 Å². The van der Waals surface area contributed by atoms with Gasteiger partial charge in [-0.2, -0.15) is 0 Å². The van der Waals surface area contributed by atoms with Crippen LogP contribution in [0.25, 0.3) is 0 Å². The molecule has 0 saturated carbocycles. The standard InChI is InChI=1S/C29H41N3O4/c1-9-17-32(27(34)24(19(2)3)31-28(35)36-29(6,7)8)25(22-15-12-13-20(4)18-22)26(33)30-23-16-11-10-14-21(23)5/h10-16,18-19,24-25H,9,17H2,1-8H3,(H,30,33)(H,31,35). The number of carbonyl (C=O) groups excluding carboxylic acids is 3. The summed E-state index contributed by atoms with van der Waals surface area (Å²) >= 11 is 0. The summed E-state index contributed by atoms with van der Waals surface area (Å²) in [5, 5.41) is 5.76. The minimum Gasteiger partial charge on any atom is -0.444 e. The number of nitrogens with one attached hydrogen (secondary N) is 2. The van der Waals surface area contributed by atoms with Gasteiger partial charge in [0.25, 0.3) is 5.91 Å². The maximum absolute atomic E-state index is 14.0. The monoisotopic (exact) mass is 495 g/mol. The summed E-state index contributed by atoms with van der Waals surface area (Å²) in [4.78, 5) is 41.9. The zero-order chi connectivity index (χ0) is 27.0. The SMILES string of the molecule is CCCN(C(=O)C(NC(=O)OC(C)(C)C)C(C)C)C(C(=O)Nc1ccccc1C)c1cccc(C)c1. The number of carbonyl (C=O) groups is 3. The van der Waals surface area contributed by atoms with E-state index in [0.29, 0.717) is 24.2 Å². The Bertz CT molecular complexity index is 1060. The van der Waals surface area contributed by atoms with Crippen LogP contribution in [0.1, 0.15) is 70.7 Å². The van der Waals surface area contributed by atoms with Crippen molar-refractivity contribution in [1.82, 2.24) is 10.2 Å². The van der Waals surface area contributed by atoms with Gasteiger partial charge in [-0.3, -0.25) is 9.59 Å². The molecule has 0 bridgehead atoms. The Morgan fingerprint density at radius 2 is 1.67 bits per heavy atom. The first kappa shape index (κ1) is 28.9. The average molecular weight is 496 g/mol. The Balaban J connectivity index is 2.49. The Hall–Kier alpha value is -3.35. The van der Waals surface area contributed by atoms with Crippen LogP contribution in [0.4, 0.5) is 10.5 Å². The number of hydrogen-bond donors (Lipinski definition) is 2. The minimum absolute atomic E-state index is 0.220. The first-order chi connectivity index (χ1) is 16.8. The van der Waals surface area contributed by atoms with Crippen molar-refractivity contribution in [3.8, 4) is 0 Å². The number of alkyl carbamates (subject to hydrolysis) is 1. The van der Waals surface area contributed by atoms with Crippen molar-refractivity contribution < 1.29 is 19.1 Å². The molecule has 0 aromatic heterocycles. The maximum Gasteiger partial charge on any atom is 0.408 e. The van der Waals surface area contributed by atoms with Crippen LogP contribution in [0.5, 0.6) is 0 Å². The summed E-state index contributed by atoms with van der Waals surface area (Å²) in [6, 6.07) is 13.4. The van der Waals surface area contributed by atoms with Gasteiger partial charge in [0.1, 0.15) is 17.7 Å². The topological polar surface area (TPSA) is 87.7 Å². The van der Waals surface area contributed by atoms with Crippen molar-refractivity contribution in [2.75, 3.05) is 11.9 Å². The van der Waals surface area contributed by atoms with E-state index in [0.717, 1.165) is 11.1 Å². The highest BCUT2D eigenvalue weighted by Crippen LogP contribution is 2.27. The number of ether oxygens (including phenoxy) is 1. The van der Waals surface area contributed by atoms with E-state index in [1.54, 1.807) is 25.7 Å². The van der Waals surface area contributed by atoms with E-state index >= 15 is 0 Å². The van der Waals surface area contributed by atoms with E-state index < -0.39 is 23.8 Å². The number of aryl methyl sites for hydroxylation is 2. The Labute approximate surface area is 215 Å². The Kier molecular flexibility index (Phi) is 10.1. The molecule has 0 saturated heterocycles. The molecule has 0 aliphatic heterocycles. The van der Waals surface area contributed by atoms with Gasteiger partial charge in [-0.05, 0) is 64.2 Å². The molecule has 2 aromatic rings. The normalized spacial score (nSPS) is 13.0. The van der Waals surface area contributed by atoms with Crippen LogP contribution in [0.15, 0.2) is 48.5 Å². The zero-order valence-corrected chi connectivity index (χ0v) is 22.8. The number of amides is 3. The molecular weight excluding hydrogens is 454 g/mol. The molecule has 7 nitrogen and oxygen atoms in total. The molecule has 2 rings (SSSR count). The van der Waals surface area contributed by atoms with Gasteiger partial charge in [0, 0.05) is 12.2 Å². The van der Waals surface area contributed by atoms with Crippen molar-refractivity contribution in [2.24, 2.45) is 5.92 Å². The summed E-state index contributed by atoms with van der Waals surface area (Å²) in [5.41, 5.74) is 2.61. The highest BCUT2D eigenvalue weighted by molar-refractivity contribution is 5.99. The average Bonchev–Trinajstić information content (AvgIpc) is 2.77. The van der Waals surface area contributed by atoms with Gasteiger partial charge in [0.15, 0.2) is 0 Å². The van der Waals surface area contributed by atoms with Crippen molar-refractivity contribution in [3.05, 3.63) is 65.2 Å². The first-order valence-corrected chi connectivity index (χ1v) is 12.6. The van der Waals surface area contributed by atoms with Gasteiger partial charge in [-0.15, -0.1) is 0 Å². The number of hydrogen-bond acceptors (Lipinski definition) is 4. The summed E-state index contributed by atoms with van der Waals surface area (Å²) in [5.74, 6) is -0.859. The molecule has 0 aliphatic rings. The molecule has 0 radical (unpaired) electrons. The Morgan fingerprint density at radius 3 is 2.22 bits per heavy atom. The van der Waals surface area contributed by atoms with Crippen molar-refractivity contribution in [1.29, 1.82) is 0 Å².